The zero-order chi connectivity index (χ0) is 14.0. The van der Waals surface area contributed by atoms with Gasteiger partial charge in [-0.05, 0) is 100 Å². The van der Waals surface area contributed by atoms with E-state index in [4.69, 9.17) is 0 Å². The minimum absolute atomic E-state index is 0.555. The highest BCUT2D eigenvalue weighted by Crippen LogP contribution is 2.66. The van der Waals surface area contributed by atoms with E-state index in [0.29, 0.717) is 10.8 Å². The molecule has 20 heavy (non-hydrogen) atoms. The summed E-state index contributed by atoms with van der Waals surface area (Å²) in [7, 11) is 0. The molecule has 0 N–H and O–H groups in total. The Morgan fingerprint density at radius 1 is 1.00 bits per heavy atom. The molecular formula is C19H29I. The quantitative estimate of drug-likeness (QED) is 0.427. The van der Waals surface area contributed by atoms with Crippen LogP contribution in [0.15, 0.2) is 9.66 Å². The monoisotopic (exact) mass is 384 g/mol. The van der Waals surface area contributed by atoms with Crippen LogP contribution in [-0.2, 0) is 0 Å². The van der Waals surface area contributed by atoms with Crippen molar-refractivity contribution < 1.29 is 0 Å². The van der Waals surface area contributed by atoms with E-state index in [-0.39, 0.29) is 0 Å². The number of hydrogen-bond acceptors (Lipinski definition) is 0. The molecular weight excluding hydrogens is 355 g/mol. The van der Waals surface area contributed by atoms with Gasteiger partial charge in [-0.25, -0.2) is 0 Å². The summed E-state index contributed by atoms with van der Waals surface area (Å²) in [6.07, 6.45) is 16.1. The highest BCUT2D eigenvalue weighted by Gasteiger charge is 2.57. The van der Waals surface area contributed by atoms with Crippen LogP contribution in [0.2, 0.25) is 0 Å². The number of halogens is 1. The minimum atomic E-state index is 0.555. The number of fused-ring (bicyclic) bond motifs is 5. The summed E-state index contributed by atoms with van der Waals surface area (Å²) in [5.41, 5.74) is 1.26. The average molecular weight is 384 g/mol. The summed E-state index contributed by atoms with van der Waals surface area (Å²) in [4.78, 5) is 0. The van der Waals surface area contributed by atoms with Crippen LogP contribution in [0.25, 0.3) is 0 Å². The first kappa shape index (κ1) is 14.1. The Balaban J connectivity index is 1.65. The van der Waals surface area contributed by atoms with Gasteiger partial charge in [-0.3, -0.25) is 0 Å². The van der Waals surface area contributed by atoms with E-state index in [1.165, 1.54) is 44.9 Å². The van der Waals surface area contributed by atoms with Gasteiger partial charge in [-0.2, -0.15) is 0 Å². The van der Waals surface area contributed by atoms with Crippen LogP contribution in [0.5, 0.6) is 0 Å². The molecule has 0 bridgehead atoms. The summed E-state index contributed by atoms with van der Waals surface area (Å²) in [6.45, 7) is 5.26. The maximum Gasteiger partial charge on any atom is 0.00135 e. The molecule has 0 spiro atoms. The second-order valence-electron chi connectivity index (χ2n) is 8.65. The second-order valence-corrected chi connectivity index (χ2v) is 9.81. The molecule has 0 radical (unpaired) electrons. The zero-order valence-electron chi connectivity index (χ0n) is 13.1. The fraction of sp³-hybridized carbons (Fsp3) is 0.895. The van der Waals surface area contributed by atoms with Gasteiger partial charge in [0.15, 0.2) is 0 Å². The van der Waals surface area contributed by atoms with Gasteiger partial charge in [-0.15, -0.1) is 0 Å². The lowest BCUT2D eigenvalue weighted by Gasteiger charge is -2.60. The molecule has 1 heteroatoms. The second kappa shape index (κ2) is 4.73. The molecule has 3 fully saturated rings. The van der Waals surface area contributed by atoms with Gasteiger partial charge >= 0.3 is 0 Å². The number of allylic oxidation sites excluding steroid dienone is 2. The molecule has 4 rings (SSSR count). The Kier molecular flexibility index (Phi) is 3.33. The van der Waals surface area contributed by atoms with Crippen LogP contribution in [0, 0.1) is 34.5 Å². The van der Waals surface area contributed by atoms with E-state index in [1.54, 1.807) is 16.4 Å². The van der Waals surface area contributed by atoms with E-state index in [2.05, 4.69) is 42.5 Å². The van der Waals surface area contributed by atoms with Gasteiger partial charge in [0.05, 0.1) is 0 Å². The van der Waals surface area contributed by atoms with Crippen molar-refractivity contribution >= 4 is 22.6 Å². The molecule has 0 amide bonds. The molecule has 0 heterocycles. The molecule has 0 aromatic rings. The molecule has 4 aliphatic rings. The van der Waals surface area contributed by atoms with Crippen molar-refractivity contribution in [1.29, 1.82) is 0 Å². The van der Waals surface area contributed by atoms with Gasteiger partial charge in [0.2, 0.25) is 0 Å². The first-order valence-corrected chi connectivity index (χ1v) is 10.00. The third-order valence-corrected chi connectivity index (χ3v) is 9.74. The Hall–Kier alpha value is 0.470. The van der Waals surface area contributed by atoms with Crippen molar-refractivity contribution in [2.75, 3.05) is 0 Å². The standard InChI is InChI=1S/C19H29I/c1-18-11-4-3-5-13(18)6-7-14-15-8-9-17(20)19(15,2)12-10-16(14)18/h9,13-16H,3-8,10-12H2,1-2H3/t13-,14-,15-,16-,18-,19+/m1/s1. The molecule has 0 aliphatic heterocycles. The van der Waals surface area contributed by atoms with Gasteiger partial charge in [0, 0.05) is 5.41 Å². The van der Waals surface area contributed by atoms with Crippen molar-refractivity contribution in [3.63, 3.8) is 0 Å². The van der Waals surface area contributed by atoms with Crippen molar-refractivity contribution in [2.45, 2.75) is 71.6 Å². The average Bonchev–Trinajstić information content (AvgIpc) is 2.74. The fourth-order valence-corrected chi connectivity index (χ4v) is 7.73. The van der Waals surface area contributed by atoms with E-state index in [0.717, 1.165) is 23.7 Å². The maximum absolute atomic E-state index is 2.68. The van der Waals surface area contributed by atoms with Crippen LogP contribution in [-0.4, -0.2) is 0 Å². The Bertz CT molecular complexity index is 439. The lowest BCUT2D eigenvalue weighted by Crippen LogP contribution is -2.52. The fourth-order valence-electron chi connectivity index (χ4n) is 6.81. The Morgan fingerprint density at radius 3 is 2.70 bits per heavy atom. The smallest absolute Gasteiger partial charge is 0.00135 e. The van der Waals surface area contributed by atoms with E-state index >= 15 is 0 Å². The van der Waals surface area contributed by atoms with E-state index < -0.39 is 0 Å². The lowest BCUT2D eigenvalue weighted by molar-refractivity contribution is -0.0972. The predicted octanol–water partition coefficient (Wildman–Crippen LogP) is 6.35. The van der Waals surface area contributed by atoms with Crippen LogP contribution in [0.4, 0.5) is 0 Å². The van der Waals surface area contributed by atoms with E-state index in [1.807, 2.05) is 0 Å². The van der Waals surface area contributed by atoms with Crippen LogP contribution < -0.4 is 0 Å². The molecule has 0 aromatic carbocycles. The highest BCUT2D eigenvalue weighted by molar-refractivity contribution is 14.1. The topological polar surface area (TPSA) is 0 Å². The normalized spacial score (nSPS) is 54.6. The van der Waals surface area contributed by atoms with E-state index in [9.17, 15) is 0 Å². The minimum Gasteiger partial charge on any atom is -0.0743 e. The zero-order valence-corrected chi connectivity index (χ0v) is 15.3. The van der Waals surface area contributed by atoms with Gasteiger partial charge in [0.25, 0.3) is 0 Å². The highest BCUT2D eigenvalue weighted by atomic mass is 127. The van der Waals surface area contributed by atoms with Crippen molar-refractivity contribution in [3.05, 3.63) is 9.66 Å². The summed E-state index contributed by atoms with van der Waals surface area (Å²) in [5.74, 6) is 4.13. The summed E-state index contributed by atoms with van der Waals surface area (Å²) >= 11 is 2.65. The number of hydrogen-bond donors (Lipinski definition) is 0. The van der Waals surface area contributed by atoms with Crippen molar-refractivity contribution in [3.8, 4) is 0 Å². The van der Waals surface area contributed by atoms with Crippen molar-refractivity contribution in [2.24, 2.45) is 34.5 Å². The van der Waals surface area contributed by atoms with Gasteiger partial charge in [-0.1, -0.05) is 32.8 Å². The predicted molar refractivity (Wildman–Crippen MR) is 93.8 cm³/mol. The van der Waals surface area contributed by atoms with Crippen LogP contribution in [0.3, 0.4) is 0 Å². The van der Waals surface area contributed by atoms with Crippen LogP contribution in [0.1, 0.15) is 71.6 Å². The SMILES string of the molecule is C[C@@]12CCCC[C@@H]1CC[C@H]1[C@H]2CC[C@]2(C)C(I)=CC[C@H]12. The summed E-state index contributed by atoms with van der Waals surface area (Å²) in [6, 6.07) is 0. The first-order valence-electron chi connectivity index (χ1n) is 8.92. The maximum atomic E-state index is 2.68. The Labute approximate surface area is 138 Å². The molecule has 0 unspecified atom stereocenters. The third-order valence-electron chi connectivity index (χ3n) is 8.07. The third kappa shape index (κ3) is 1.77. The van der Waals surface area contributed by atoms with Crippen LogP contribution >= 0.6 is 22.6 Å². The molecule has 0 saturated heterocycles. The molecule has 0 nitrogen and oxygen atoms in total. The molecule has 3 saturated carbocycles. The lowest BCUT2D eigenvalue weighted by atomic mass is 9.45. The number of rotatable bonds is 0. The largest absolute Gasteiger partial charge is 0.0743 e. The van der Waals surface area contributed by atoms with Gasteiger partial charge < -0.3 is 0 Å². The molecule has 0 aromatic heterocycles. The molecule has 4 aliphatic carbocycles. The molecule has 112 valence electrons. The summed E-state index contributed by atoms with van der Waals surface area (Å²) in [5, 5.41) is 0. The first-order chi connectivity index (χ1) is 9.56. The molecule has 6 atom stereocenters. The summed E-state index contributed by atoms with van der Waals surface area (Å²) < 4.78 is 1.69. The van der Waals surface area contributed by atoms with Gasteiger partial charge in [0.1, 0.15) is 0 Å². The van der Waals surface area contributed by atoms with Crippen molar-refractivity contribution in [1.82, 2.24) is 0 Å². The Morgan fingerprint density at radius 2 is 1.85 bits per heavy atom.